The molecule has 0 spiro atoms. The van der Waals surface area contributed by atoms with E-state index >= 15 is 0 Å². The number of carbonyl (C=O) groups is 1. The van der Waals surface area contributed by atoms with Gasteiger partial charge in [-0.05, 0) is 31.5 Å². The van der Waals surface area contributed by atoms with Crippen LogP contribution in [0.4, 0.5) is 4.39 Å². The van der Waals surface area contributed by atoms with E-state index in [0.29, 0.717) is 18.0 Å². The van der Waals surface area contributed by atoms with Crippen LogP contribution in [0.25, 0.3) is 0 Å². The van der Waals surface area contributed by atoms with Crippen LogP contribution in [0.5, 0.6) is 0 Å². The molecule has 0 aromatic heterocycles. The van der Waals surface area contributed by atoms with Gasteiger partial charge in [-0.3, -0.25) is 10.2 Å². The third-order valence-corrected chi connectivity index (χ3v) is 4.67. The van der Waals surface area contributed by atoms with E-state index in [1.54, 1.807) is 18.2 Å². The van der Waals surface area contributed by atoms with E-state index in [9.17, 15) is 9.18 Å². The van der Waals surface area contributed by atoms with Gasteiger partial charge >= 0.3 is 0 Å². The fourth-order valence-corrected chi connectivity index (χ4v) is 3.28. The van der Waals surface area contributed by atoms with Gasteiger partial charge in [0, 0.05) is 18.2 Å². The van der Waals surface area contributed by atoms with Crippen LogP contribution in [0.2, 0.25) is 0 Å². The molecule has 0 aliphatic carbocycles. The van der Waals surface area contributed by atoms with Crippen molar-refractivity contribution < 1.29 is 9.18 Å². The first kappa shape index (κ1) is 15.4. The molecule has 4 unspecified atom stereocenters. The fraction of sp³-hybridized carbons (Fsp3) is 0.562. The van der Waals surface area contributed by atoms with E-state index in [1.807, 2.05) is 0 Å². The first-order valence-corrected chi connectivity index (χ1v) is 7.90. The third kappa shape index (κ3) is 3.14. The summed E-state index contributed by atoms with van der Waals surface area (Å²) in [5.74, 6) is -0.188. The van der Waals surface area contributed by atoms with Crippen molar-refractivity contribution in [1.29, 1.82) is 0 Å². The van der Waals surface area contributed by atoms with E-state index in [4.69, 9.17) is 0 Å². The predicted molar refractivity (Wildman–Crippen MR) is 82.4 cm³/mol. The number of amides is 1. The van der Waals surface area contributed by atoms with Crippen molar-refractivity contribution in [2.75, 3.05) is 19.6 Å². The normalized spacial score (nSPS) is 31.9. The Hall–Kier alpha value is -1.50. The number of rotatable bonds is 3. The van der Waals surface area contributed by atoms with Crippen molar-refractivity contribution in [2.45, 2.75) is 25.4 Å². The summed E-state index contributed by atoms with van der Waals surface area (Å²) >= 11 is 0. The number of nitrogens with one attached hydrogen (secondary N) is 4. The summed E-state index contributed by atoms with van der Waals surface area (Å²) < 4.78 is 14.0. The molecule has 2 aliphatic heterocycles. The maximum Gasteiger partial charge on any atom is 0.226 e. The van der Waals surface area contributed by atoms with Gasteiger partial charge in [0.15, 0.2) is 0 Å². The Bertz CT molecular complexity index is 539. The van der Waals surface area contributed by atoms with E-state index in [2.05, 4.69) is 28.4 Å². The van der Waals surface area contributed by atoms with Gasteiger partial charge in [-0.1, -0.05) is 25.1 Å². The zero-order chi connectivity index (χ0) is 15.5. The van der Waals surface area contributed by atoms with Crippen LogP contribution in [0, 0.1) is 17.7 Å². The molecule has 1 aromatic carbocycles. The standard InChI is InChI=1S/C16H23FN4O/c1-10-8-18-7-6-14(10)20-16(22)12-9-19-21-15(12)11-4-2-3-5-13(11)17/h2-5,10,12,14-15,18-19,21H,6-9H2,1H3,(H,20,22). The van der Waals surface area contributed by atoms with Gasteiger partial charge in [-0.15, -0.1) is 0 Å². The first-order valence-electron chi connectivity index (χ1n) is 7.90. The van der Waals surface area contributed by atoms with E-state index in [-0.39, 0.29) is 29.7 Å². The van der Waals surface area contributed by atoms with Crippen LogP contribution in [0.15, 0.2) is 24.3 Å². The minimum atomic E-state index is -0.335. The largest absolute Gasteiger partial charge is 0.353 e. The molecule has 6 heteroatoms. The zero-order valence-electron chi connectivity index (χ0n) is 12.7. The predicted octanol–water partition coefficient (Wildman–Crippen LogP) is 0.705. The van der Waals surface area contributed by atoms with Crippen LogP contribution < -0.4 is 21.5 Å². The maximum absolute atomic E-state index is 14.0. The molecule has 2 heterocycles. The second kappa shape index (κ2) is 6.73. The highest BCUT2D eigenvalue weighted by Crippen LogP contribution is 2.27. The van der Waals surface area contributed by atoms with Crippen molar-refractivity contribution in [2.24, 2.45) is 11.8 Å². The van der Waals surface area contributed by atoms with Crippen molar-refractivity contribution >= 4 is 5.91 Å². The average molecular weight is 306 g/mol. The Balaban J connectivity index is 1.70. The molecular weight excluding hydrogens is 283 g/mol. The molecule has 2 fully saturated rings. The number of carbonyl (C=O) groups excluding carboxylic acids is 1. The summed E-state index contributed by atoms with van der Waals surface area (Å²) in [6.07, 6.45) is 0.935. The number of benzene rings is 1. The molecule has 2 aliphatic rings. The van der Waals surface area contributed by atoms with Gasteiger partial charge in [-0.2, -0.15) is 0 Å². The van der Waals surface area contributed by atoms with Crippen LogP contribution >= 0.6 is 0 Å². The molecule has 2 saturated heterocycles. The number of halogens is 1. The van der Waals surface area contributed by atoms with E-state index < -0.39 is 0 Å². The van der Waals surface area contributed by atoms with Gasteiger partial charge in [0.1, 0.15) is 5.82 Å². The van der Waals surface area contributed by atoms with Crippen LogP contribution in [0.3, 0.4) is 0 Å². The van der Waals surface area contributed by atoms with E-state index in [1.165, 1.54) is 6.07 Å². The Morgan fingerprint density at radius 3 is 2.91 bits per heavy atom. The number of hydrazine groups is 1. The lowest BCUT2D eigenvalue weighted by Crippen LogP contribution is -2.50. The summed E-state index contributed by atoms with van der Waals surface area (Å²) in [5.41, 5.74) is 6.55. The molecule has 0 bridgehead atoms. The summed E-state index contributed by atoms with van der Waals surface area (Å²) in [6, 6.07) is 6.47. The third-order valence-electron chi connectivity index (χ3n) is 4.67. The SMILES string of the molecule is CC1CNCCC1NC(=O)C1CNNC1c1ccccc1F. The molecule has 0 saturated carbocycles. The lowest BCUT2D eigenvalue weighted by atomic mass is 9.91. The smallest absolute Gasteiger partial charge is 0.226 e. The minimum Gasteiger partial charge on any atom is -0.353 e. The van der Waals surface area contributed by atoms with Gasteiger partial charge in [0.05, 0.1) is 12.0 Å². The summed E-state index contributed by atoms with van der Waals surface area (Å²) in [7, 11) is 0. The lowest BCUT2D eigenvalue weighted by molar-refractivity contribution is -0.126. The highest BCUT2D eigenvalue weighted by atomic mass is 19.1. The van der Waals surface area contributed by atoms with Crippen molar-refractivity contribution in [3.8, 4) is 0 Å². The molecule has 120 valence electrons. The second-order valence-electron chi connectivity index (χ2n) is 6.22. The monoisotopic (exact) mass is 306 g/mol. The first-order chi connectivity index (χ1) is 10.7. The molecule has 0 radical (unpaired) electrons. The van der Waals surface area contributed by atoms with E-state index in [0.717, 1.165) is 19.5 Å². The minimum absolute atomic E-state index is 0.00972. The van der Waals surface area contributed by atoms with Crippen LogP contribution in [0.1, 0.15) is 24.9 Å². The molecule has 22 heavy (non-hydrogen) atoms. The molecule has 5 nitrogen and oxygen atoms in total. The molecule has 1 amide bonds. The van der Waals surface area contributed by atoms with Gasteiger partial charge in [-0.25, -0.2) is 9.82 Å². The number of hydrogen-bond acceptors (Lipinski definition) is 4. The zero-order valence-corrected chi connectivity index (χ0v) is 12.7. The fourth-order valence-electron chi connectivity index (χ4n) is 3.28. The van der Waals surface area contributed by atoms with Gasteiger partial charge in [0.25, 0.3) is 0 Å². The van der Waals surface area contributed by atoms with Crippen molar-refractivity contribution in [1.82, 2.24) is 21.5 Å². The molecule has 4 atom stereocenters. The average Bonchev–Trinajstić information content (AvgIpc) is 2.99. The Labute approximate surface area is 130 Å². The highest BCUT2D eigenvalue weighted by Gasteiger charge is 2.36. The Morgan fingerprint density at radius 2 is 2.14 bits per heavy atom. The quantitative estimate of drug-likeness (QED) is 0.664. The number of piperidine rings is 1. The molecule has 3 rings (SSSR count). The Kier molecular flexibility index (Phi) is 4.71. The van der Waals surface area contributed by atoms with Gasteiger partial charge < -0.3 is 10.6 Å². The Morgan fingerprint density at radius 1 is 1.32 bits per heavy atom. The van der Waals surface area contributed by atoms with Crippen LogP contribution in [-0.4, -0.2) is 31.6 Å². The summed E-state index contributed by atoms with van der Waals surface area (Å²) in [4.78, 5) is 12.6. The highest BCUT2D eigenvalue weighted by molar-refractivity contribution is 5.80. The topological polar surface area (TPSA) is 65.2 Å². The summed E-state index contributed by atoms with van der Waals surface area (Å²) in [6.45, 7) is 4.48. The molecule has 4 N–H and O–H groups in total. The summed E-state index contributed by atoms with van der Waals surface area (Å²) in [5, 5.41) is 6.47. The second-order valence-corrected chi connectivity index (χ2v) is 6.22. The van der Waals surface area contributed by atoms with Crippen molar-refractivity contribution in [3.63, 3.8) is 0 Å². The van der Waals surface area contributed by atoms with Crippen LogP contribution in [-0.2, 0) is 4.79 Å². The van der Waals surface area contributed by atoms with Gasteiger partial charge in [0.2, 0.25) is 5.91 Å². The van der Waals surface area contributed by atoms with Crippen molar-refractivity contribution in [3.05, 3.63) is 35.6 Å². The lowest BCUT2D eigenvalue weighted by Gasteiger charge is -2.31. The molecular formula is C16H23FN4O. The number of hydrogen-bond donors (Lipinski definition) is 4. The maximum atomic E-state index is 14.0. The molecule has 1 aromatic rings.